The molecular formula is C18H14Cl2N2O3. The average Bonchev–Trinajstić information content (AvgIpc) is 3.21. The Bertz CT molecular complexity index is 928. The smallest absolute Gasteiger partial charge is 0.206 e. The van der Waals surface area contributed by atoms with Crippen molar-refractivity contribution in [3.05, 3.63) is 75.9 Å². The van der Waals surface area contributed by atoms with Crippen LogP contribution in [0.25, 0.3) is 6.08 Å². The highest BCUT2D eigenvalue weighted by Crippen LogP contribution is 2.28. The maximum absolute atomic E-state index is 12.0. The molecule has 0 unspecified atom stereocenters. The van der Waals surface area contributed by atoms with Crippen molar-refractivity contribution in [2.24, 2.45) is 7.05 Å². The number of ether oxygens (including phenoxy) is 1. The number of rotatable bonds is 6. The molecule has 5 nitrogen and oxygen atoms in total. The van der Waals surface area contributed by atoms with Gasteiger partial charge < -0.3 is 9.15 Å². The number of allylic oxidation sites excluding steroid dienone is 1. The highest BCUT2D eigenvalue weighted by Gasteiger charge is 2.07. The Balaban J connectivity index is 1.60. The molecule has 0 aliphatic rings. The zero-order valence-corrected chi connectivity index (χ0v) is 14.8. The van der Waals surface area contributed by atoms with Crippen molar-refractivity contribution in [2.45, 2.75) is 6.61 Å². The summed E-state index contributed by atoms with van der Waals surface area (Å²) in [5.74, 6) is 1.48. The van der Waals surface area contributed by atoms with E-state index < -0.39 is 0 Å². The summed E-state index contributed by atoms with van der Waals surface area (Å²) in [6.45, 7) is 0.212. The number of halogens is 2. The van der Waals surface area contributed by atoms with Crippen LogP contribution in [0.3, 0.4) is 0 Å². The van der Waals surface area contributed by atoms with Gasteiger partial charge in [-0.2, -0.15) is 5.10 Å². The highest BCUT2D eigenvalue weighted by molar-refractivity contribution is 6.35. The van der Waals surface area contributed by atoms with E-state index in [4.69, 9.17) is 32.4 Å². The second-order valence-electron chi connectivity index (χ2n) is 5.24. The minimum absolute atomic E-state index is 0.192. The quantitative estimate of drug-likeness (QED) is 0.458. The molecule has 0 amide bonds. The fourth-order valence-corrected chi connectivity index (χ4v) is 2.56. The van der Waals surface area contributed by atoms with Crippen LogP contribution in [-0.4, -0.2) is 15.6 Å². The standard InChI is InChI=1S/C18H14Cl2N2O3/c1-22-9-8-16(21-22)17(23)6-5-13-3-4-14(25-13)11-24-18-7-2-12(19)10-15(18)20/h2-10H,11H2,1H3/b6-5+. The lowest BCUT2D eigenvalue weighted by Gasteiger charge is -2.06. The van der Waals surface area contributed by atoms with E-state index in [1.165, 1.54) is 6.08 Å². The van der Waals surface area contributed by atoms with Crippen LogP contribution in [0.15, 0.2) is 53.1 Å². The fraction of sp³-hybridized carbons (Fsp3) is 0.111. The van der Waals surface area contributed by atoms with E-state index in [0.717, 1.165) is 0 Å². The number of ketones is 1. The van der Waals surface area contributed by atoms with Gasteiger partial charge >= 0.3 is 0 Å². The molecule has 128 valence electrons. The number of benzene rings is 1. The summed E-state index contributed by atoms with van der Waals surface area (Å²) >= 11 is 11.9. The third-order valence-corrected chi connectivity index (χ3v) is 3.84. The van der Waals surface area contributed by atoms with Gasteiger partial charge in [-0.3, -0.25) is 9.48 Å². The molecule has 0 spiro atoms. The van der Waals surface area contributed by atoms with Crippen LogP contribution < -0.4 is 4.74 Å². The minimum atomic E-state index is -0.192. The summed E-state index contributed by atoms with van der Waals surface area (Å²) < 4.78 is 12.8. The summed E-state index contributed by atoms with van der Waals surface area (Å²) in [4.78, 5) is 12.0. The lowest BCUT2D eigenvalue weighted by Crippen LogP contribution is -1.97. The summed E-state index contributed by atoms with van der Waals surface area (Å²) in [6, 6.07) is 10.2. The number of carbonyl (C=O) groups is 1. The Morgan fingerprint density at radius 2 is 2.12 bits per heavy atom. The summed E-state index contributed by atoms with van der Waals surface area (Å²) in [7, 11) is 1.76. The molecule has 7 heteroatoms. The Hall–Kier alpha value is -2.50. The Morgan fingerprint density at radius 1 is 1.28 bits per heavy atom. The van der Waals surface area contributed by atoms with Crippen LogP contribution in [0.5, 0.6) is 5.75 Å². The predicted molar refractivity (Wildman–Crippen MR) is 96.1 cm³/mol. The van der Waals surface area contributed by atoms with E-state index in [9.17, 15) is 4.79 Å². The molecule has 1 aromatic carbocycles. The first-order chi connectivity index (χ1) is 12.0. The second kappa shape index (κ2) is 7.59. The second-order valence-corrected chi connectivity index (χ2v) is 6.08. The summed E-state index contributed by atoms with van der Waals surface area (Å²) in [6.07, 6.45) is 4.73. The van der Waals surface area contributed by atoms with Crippen LogP contribution in [0.1, 0.15) is 22.0 Å². The molecule has 0 aliphatic carbocycles. The zero-order valence-electron chi connectivity index (χ0n) is 13.3. The number of hydrogen-bond acceptors (Lipinski definition) is 4. The zero-order chi connectivity index (χ0) is 17.8. The lowest BCUT2D eigenvalue weighted by molar-refractivity contribution is 0.104. The van der Waals surface area contributed by atoms with Crippen molar-refractivity contribution in [3.8, 4) is 5.75 Å². The van der Waals surface area contributed by atoms with Crippen LogP contribution in [-0.2, 0) is 13.7 Å². The Labute approximate surface area is 154 Å². The SMILES string of the molecule is Cn1ccc(C(=O)/C=C/c2ccc(COc3ccc(Cl)cc3Cl)o2)n1. The molecule has 2 heterocycles. The number of carbonyl (C=O) groups excluding carboxylic acids is 1. The Kier molecular flexibility index (Phi) is 5.26. The van der Waals surface area contributed by atoms with Gasteiger partial charge in [0, 0.05) is 18.3 Å². The van der Waals surface area contributed by atoms with Gasteiger partial charge in [0.15, 0.2) is 0 Å². The number of aromatic nitrogens is 2. The summed E-state index contributed by atoms with van der Waals surface area (Å²) in [5.41, 5.74) is 0.381. The van der Waals surface area contributed by atoms with Gasteiger partial charge in [0.25, 0.3) is 0 Å². The average molecular weight is 377 g/mol. The lowest BCUT2D eigenvalue weighted by atomic mass is 10.2. The molecule has 0 saturated carbocycles. The molecule has 25 heavy (non-hydrogen) atoms. The van der Waals surface area contributed by atoms with Gasteiger partial charge in [0.2, 0.25) is 5.78 Å². The maximum atomic E-state index is 12.0. The van der Waals surface area contributed by atoms with E-state index in [2.05, 4.69) is 5.10 Å². The molecule has 0 atom stereocenters. The van der Waals surface area contributed by atoms with Gasteiger partial charge in [-0.25, -0.2) is 0 Å². The number of aryl methyl sites for hydroxylation is 1. The topological polar surface area (TPSA) is 57.3 Å². The predicted octanol–water partition coefficient (Wildman–Crippen LogP) is 4.80. The number of furan rings is 1. The van der Waals surface area contributed by atoms with Gasteiger partial charge in [0.1, 0.15) is 29.6 Å². The van der Waals surface area contributed by atoms with E-state index in [1.807, 2.05) is 0 Å². The summed E-state index contributed by atoms with van der Waals surface area (Å²) in [5, 5.41) is 5.02. The highest BCUT2D eigenvalue weighted by atomic mass is 35.5. The molecule has 0 saturated heterocycles. The van der Waals surface area contributed by atoms with Crippen molar-refractivity contribution < 1.29 is 13.9 Å². The normalized spacial score (nSPS) is 11.2. The molecule has 0 fully saturated rings. The van der Waals surface area contributed by atoms with Crippen molar-refractivity contribution in [2.75, 3.05) is 0 Å². The largest absolute Gasteiger partial charge is 0.484 e. The molecule has 0 radical (unpaired) electrons. The Morgan fingerprint density at radius 3 is 2.84 bits per heavy atom. The third kappa shape index (κ3) is 4.53. The van der Waals surface area contributed by atoms with E-state index >= 15 is 0 Å². The first kappa shape index (κ1) is 17.3. The van der Waals surface area contributed by atoms with Gasteiger partial charge in [0.05, 0.1) is 5.02 Å². The molecule has 0 aliphatic heterocycles. The van der Waals surface area contributed by atoms with Gasteiger partial charge in [-0.15, -0.1) is 0 Å². The third-order valence-electron chi connectivity index (χ3n) is 3.31. The van der Waals surface area contributed by atoms with E-state index in [1.54, 1.807) is 60.4 Å². The van der Waals surface area contributed by atoms with Crippen molar-refractivity contribution >= 4 is 35.1 Å². The molecule has 0 N–H and O–H groups in total. The van der Waals surface area contributed by atoms with Crippen LogP contribution >= 0.6 is 23.2 Å². The van der Waals surface area contributed by atoms with Crippen molar-refractivity contribution in [1.29, 1.82) is 0 Å². The van der Waals surface area contributed by atoms with Crippen LogP contribution in [0, 0.1) is 0 Å². The molecule has 3 rings (SSSR count). The van der Waals surface area contributed by atoms with E-state index in [0.29, 0.717) is 33.0 Å². The number of hydrogen-bond donors (Lipinski definition) is 0. The van der Waals surface area contributed by atoms with Crippen molar-refractivity contribution in [3.63, 3.8) is 0 Å². The first-order valence-corrected chi connectivity index (χ1v) is 8.15. The monoisotopic (exact) mass is 376 g/mol. The maximum Gasteiger partial charge on any atom is 0.206 e. The molecule has 3 aromatic rings. The van der Waals surface area contributed by atoms with Crippen LogP contribution in [0.4, 0.5) is 0 Å². The first-order valence-electron chi connectivity index (χ1n) is 7.40. The van der Waals surface area contributed by atoms with Gasteiger partial charge in [-0.1, -0.05) is 23.2 Å². The number of nitrogens with zero attached hydrogens (tertiary/aromatic N) is 2. The molecule has 2 aromatic heterocycles. The molecular weight excluding hydrogens is 363 g/mol. The van der Waals surface area contributed by atoms with E-state index in [-0.39, 0.29) is 12.4 Å². The van der Waals surface area contributed by atoms with Crippen LogP contribution in [0.2, 0.25) is 10.0 Å². The van der Waals surface area contributed by atoms with Gasteiger partial charge in [-0.05, 0) is 48.6 Å². The van der Waals surface area contributed by atoms with Crippen molar-refractivity contribution in [1.82, 2.24) is 9.78 Å². The fourth-order valence-electron chi connectivity index (χ4n) is 2.09. The molecule has 0 bridgehead atoms. The minimum Gasteiger partial charge on any atom is -0.484 e.